The number of hydrogen-bond acceptors (Lipinski definition) is 7. The zero-order chi connectivity index (χ0) is 28.2. The van der Waals surface area contributed by atoms with Crippen LogP contribution in [0.4, 0.5) is 11.6 Å². The number of nitrogens with one attached hydrogen (secondary N) is 1. The van der Waals surface area contributed by atoms with E-state index in [1.165, 1.54) is 12.1 Å². The Bertz CT molecular complexity index is 1580. The standard InChI is InChI=1S/C29H32ClN5O3S/c1-19(2)24-10-5-6-11-25(24)27-18-28(38-22-13-12-20(26(30)17-22)14-15-35(3)4)33-29(32-27)34-39(36,37)23-9-7-8-21(31)16-23/h5-13,16-19H,14-15,31H2,1-4H3,(H,32,33,34). The van der Waals surface area contributed by atoms with Crippen LogP contribution >= 0.6 is 11.6 Å². The Labute approximate surface area is 234 Å². The predicted octanol–water partition coefficient (Wildman–Crippen LogP) is 6.20. The summed E-state index contributed by atoms with van der Waals surface area (Å²) in [7, 11) is 0.00378. The van der Waals surface area contributed by atoms with Crippen molar-refractivity contribution in [1.29, 1.82) is 0 Å². The van der Waals surface area contributed by atoms with Crippen LogP contribution in [0.3, 0.4) is 0 Å². The summed E-state index contributed by atoms with van der Waals surface area (Å²) in [6.45, 7) is 5.03. The van der Waals surface area contributed by atoms with Crippen molar-refractivity contribution in [1.82, 2.24) is 14.9 Å². The summed E-state index contributed by atoms with van der Waals surface area (Å²) in [6.07, 6.45) is 0.797. The molecule has 1 heterocycles. The average molecular weight is 566 g/mol. The van der Waals surface area contributed by atoms with Gasteiger partial charge in [0.2, 0.25) is 11.8 Å². The third kappa shape index (κ3) is 7.26. The Morgan fingerprint density at radius 3 is 2.46 bits per heavy atom. The summed E-state index contributed by atoms with van der Waals surface area (Å²) in [6, 6.07) is 21.0. The lowest BCUT2D eigenvalue weighted by atomic mass is 9.95. The van der Waals surface area contributed by atoms with Crippen molar-refractivity contribution in [2.75, 3.05) is 31.1 Å². The lowest BCUT2D eigenvalue weighted by Gasteiger charge is -2.15. The molecule has 0 aliphatic rings. The number of likely N-dealkylation sites (N-methyl/N-ethyl adjacent to an activating group) is 1. The summed E-state index contributed by atoms with van der Waals surface area (Å²) in [4.78, 5) is 11.0. The number of nitrogens with zero attached hydrogens (tertiary/aromatic N) is 3. The SMILES string of the molecule is CC(C)c1ccccc1-c1cc(Oc2ccc(CCN(C)C)c(Cl)c2)nc(NS(=O)(=O)c2cccc(N)c2)n1. The molecule has 0 aliphatic heterocycles. The Morgan fingerprint density at radius 2 is 1.77 bits per heavy atom. The molecule has 0 bridgehead atoms. The average Bonchev–Trinajstić information content (AvgIpc) is 2.87. The maximum Gasteiger partial charge on any atom is 0.264 e. The zero-order valence-corrected chi connectivity index (χ0v) is 23.9. The van der Waals surface area contributed by atoms with Gasteiger partial charge >= 0.3 is 0 Å². The van der Waals surface area contributed by atoms with Gasteiger partial charge in [-0.3, -0.25) is 0 Å². The zero-order valence-electron chi connectivity index (χ0n) is 22.3. The largest absolute Gasteiger partial charge is 0.439 e. The fourth-order valence-electron chi connectivity index (χ4n) is 4.01. The van der Waals surface area contributed by atoms with Crippen molar-refractivity contribution in [3.8, 4) is 22.9 Å². The molecular weight excluding hydrogens is 534 g/mol. The molecule has 39 heavy (non-hydrogen) atoms. The molecule has 204 valence electrons. The van der Waals surface area contributed by atoms with Crippen molar-refractivity contribution in [2.45, 2.75) is 31.1 Å². The lowest BCUT2D eigenvalue weighted by Crippen LogP contribution is -2.16. The minimum atomic E-state index is -4.01. The normalized spacial score (nSPS) is 11.7. The van der Waals surface area contributed by atoms with Gasteiger partial charge in [0.15, 0.2) is 0 Å². The van der Waals surface area contributed by atoms with Crippen molar-refractivity contribution in [3.63, 3.8) is 0 Å². The molecule has 0 fully saturated rings. The molecule has 0 unspecified atom stereocenters. The number of anilines is 2. The second-order valence-electron chi connectivity index (χ2n) is 9.74. The summed E-state index contributed by atoms with van der Waals surface area (Å²) in [5, 5.41) is 0.580. The van der Waals surface area contributed by atoms with Gasteiger partial charge in [-0.2, -0.15) is 4.98 Å². The number of hydrogen-bond donors (Lipinski definition) is 2. The highest BCUT2D eigenvalue weighted by Gasteiger charge is 2.19. The monoisotopic (exact) mass is 565 g/mol. The number of sulfonamides is 1. The van der Waals surface area contributed by atoms with Gasteiger partial charge in [0.25, 0.3) is 10.0 Å². The van der Waals surface area contributed by atoms with Gasteiger partial charge in [-0.1, -0.05) is 61.8 Å². The summed E-state index contributed by atoms with van der Waals surface area (Å²) in [5.41, 5.74) is 9.55. The van der Waals surface area contributed by atoms with Gasteiger partial charge in [-0.25, -0.2) is 18.1 Å². The fraction of sp³-hybridized carbons (Fsp3) is 0.241. The van der Waals surface area contributed by atoms with Gasteiger partial charge < -0.3 is 15.4 Å². The number of ether oxygens (including phenoxy) is 1. The summed E-state index contributed by atoms with van der Waals surface area (Å²) >= 11 is 6.53. The van der Waals surface area contributed by atoms with Crippen LogP contribution in [-0.2, 0) is 16.4 Å². The van der Waals surface area contributed by atoms with E-state index in [9.17, 15) is 8.42 Å². The molecule has 0 saturated carbocycles. The van der Waals surface area contributed by atoms with Gasteiger partial charge in [-0.15, -0.1) is 0 Å². The van der Waals surface area contributed by atoms with Gasteiger partial charge in [0, 0.05) is 28.9 Å². The number of aromatic nitrogens is 2. The van der Waals surface area contributed by atoms with Crippen molar-refractivity contribution < 1.29 is 13.2 Å². The van der Waals surface area contributed by atoms with Gasteiger partial charge in [-0.05, 0) is 67.9 Å². The second kappa shape index (κ2) is 12.0. The van der Waals surface area contributed by atoms with Crippen LogP contribution in [-0.4, -0.2) is 43.9 Å². The van der Waals surface area contributed by atoms with Crippen LogP contribution in [0.1, 0.15) is 30.9 Å². The molecular formula is C29H32ClN5O3S. The fourth-order valence-corrected chi connectivity index (χ4v) is 5.28. The second-order valence-corrected chi connectivity index (χ2v) is 11.8. The number of nitrogen functional groups attached to an aromatic ring is 1. The van der Waals surface area contributed by atoms with Gasteiger partial charge in [0.1, 0.15) is 5.75 Å². The summed E-state index contributed by atoms with van der Waals surface area (Å²) < 4.78 is 34.8. The van der Waals surface area contributed by atoms with Crippen LogP contribution in [0, 0.1) is 0 Å². The number of nitrogens with two attached hydrogens (primary N) is 1. The highest BCUT2D eigenvalue weighted by molar-refractivity contribution is 7.92. The first kappa shape index (κ1) is 28.4. The van der Waals surface area contributed by atoms with E-state index >= 15 is 0 Å². The van der Waals surface area contributed by atoms with E-state index in [0.717, 1.165) is 29.7 Å². The smallest absolute Gasteiger partial charge is 0.264 e. The van der Waals surface area contributed by atoms with E-state index in [0.29, 0.717) is 22.2 Å². The minimum Gasteiger partial charge on any atom is -0.439 e. The first-order chi connectivity index (χ1) is 18.5. The molecule has 4 aromatic rings. The molecule has 8 nitrogen and oxygen atoms in total. The molecule has 0 radical (unpaired) electrons. The van der Waals surface area contributed by atoms with Crippen LogP contribution in [0.25, 0.3) is 11.3 Å². The van der Waals surface area contributed by atoms with E-state index < -0.39 is 10.0 Å². The maximum absolute atomic E-state index is 13.1. The molecule has 0 saturated heterocycles. The van der Waals surface area contributed by atoms with Gasteiger partial charge in [0.05, 0.1) is 10.6 Å². The molecule has 3 aromatic carbocycles. The van der Waals surface area contributed by atoms with E-state index in [4.69, 9.17) is 22.1 Å². The molecule has 0 aliphatic carbocycles. The van der Waals surface area contributed by atoms with E-state index in [1.54, 1.807) is 24.3 Å². The van der Waals surface area contributed by atoms with Crippen LogP contribution < -0.4 is 15.2 Å². The Hall–Kier alpha value is -3.66. The Morgan fingerprint density at radius 1 is 1.00 bits per heavy atom. The Kier molecular flexibility index (Phi) is 8.74. The summed E-state index contributed by atoms with van der Waals surface area (Å²) in [5.74, 6) is 0.722. The first-order valence-electron chi connectivity index (χ1n) is 12.5. The maximum atomic E-state index is 13.1. The molecule has 3 N–H and O–H groups in total. The van der Waals surface area contributed by atoms with Crippen LogP contribution in [0.2, 0.25) is 5.02 Å². The van der Waals surface area contributed by atoms with E-state index in [2.05, 4.69) is 33.4 Å². The topological polar surface area (TPSA) is 110 Å². The molecule has 0 spiro atoms. The minimum absolute atomic E-state index is 0.00152. The van der Waals surface area contributed by atoms with E-state index in [-0.39, 0.29) is 22.6 Å². The van der Waals surface area contributed by atoms with Crippen molar-refractivity contribution >= 4 is 33.3 Å². The first-order valence-corrected chi connectivity index (χ1v) is 14.4. The molecule has 10 heteroatoms. The van der Waals surface area contributed by atoms with Crippen molar-refractivity contribution in [3.05, 3.63) is 88.9 Å². The number of benzene rings is 3. The van der Waals surface area contributed by atoms with Crippen molar-refractivity contribution in [2.24, 2.45) is 0 Å². The molecule has 1 aromatic heterocycles. The molecule has 4 rings (SSSR count). The van der Waals surface area contributed by atoms with Crippen LogP contribution in [0.5, 0.6) is 11.6 Å². The number of rotatable bonds is 10. The molecule has 0 amide bonds. The quantitative estimate of drug-likeness (QED) is 0.220. The lowest BCUT2D eigenvalue weighted by molar-refractivity contribution is 0.413. The predicted molar refractivity (Wildman–Crippen MR) is 157 cm³/mol. The Balaban J connectivity index is 1.74. The third-order valence-electron chi connectivity index (χ3n) is 6.03. The third-order valence-corrected chi connectivity index (χ3v) is 7.71. The number of halogens is 1. The molecule has 0 atom stereocenters. The van der Waals surface area contributed by atoms with E-state index in [1.807, 2.05) is 50.5 Å². The highest BCUT2D eigenvalue weighted by atomic mass is 35.5. The van der Waals surface area contributed by atoms with Crippen LogP contribution in [0.15, 0.2) is 77.7 Å². The highest BCUT2D eigenvalue weighted by Crippen LogP contribution is 2.33.